The van der Waals surface area contributed by atoms with E-state index in [1.807, 2.05) is 24.3 Å². The molecule has 3 heteroatoms. The smallest absolute Gasteiger partial charge is 0.0427 e. The summed E-state index contributed by atoms with van der Waals surface area (Å²) in [6.07, 6.45) is 0. The van der Waals surface area contributed by atoms with Crippen molar-refractivity contribution in [2.24, 2.45) is 0 Å². The largest absolute Gasteiger partial charge is 0.135 e. The van der Waals surface area contributed by atoms with Crippen LogP contribution in [0.3, 0.4) is 0 Å². The van der Waals surface area contributed by atoms with Gasteiger partial charge in [-0.1, -0.05) is 77.3 Å². The highest BCUT2D eigenvalue weighted by Gasteiger charge is 2.14. The van der Waals surface area contributed by atoms with Crippen LogP contribution in [-0.4, -0.2) is 0 Å². The molecule has 26 heavy (non-hydrogen) atoms. The molecule has 0 spiro atoms. The molecule has 128 valence electrons. The average Bonchev–Trinajstić information content (AvgIpc) is 3.09. The summed E-state index contributed by atoms with van der Waals surface area (Å²) in [6, 6.07) is 27.0. The molecule has 0 radical (unpaired) electrons. The molecule has 4 rings (SSSR count). The molecule has 0 unspecified atom stereocenters. The normalized spacial score (nSPS) is 10.9. The molecule has 0 aliphatic carbocycles. The minimum Gasteiger partial charge on any atom is -0.135 e. The molecule has 0 nitrogen and oxygen atoms in total. The van der Waals surface area contributed by atoms with E-state index in [1.54, 1.807) is 11.3 Å². The fourth-order valence-corrected chi connectivity index (χ4v) is 4.35. The minimum atomic E-state index is 0.746. The third-order valence-electron chi connectivity index (χ3n) is 4.33. The molecule has 4 aromatic rings. The van der Waals surface area contributed by atoms with Crippen molar-refractivity contribution in [2.45, 2.75) is 6.92 Å². The van der Waals surface area contributed by atoms with Gasteiger partial charge in [-0.3, -0.25) is 0 Å². The van der Waals surface area contributed by atoms with Crippen molar-refractivity contribution in [1.82, 2.24) is 0 Å². The Bertz CT molecular complexity index is 964. The quantitative estimate of drug-likeness (QED) is 0.327. The van der Waals surface area contributed by atoms with Gasteiger partial charge in [-0.25, -0.2) is 0 Å². The summed E-state index contributed by atoms with van der Waals surface area (Å²) < 4.78 is 0. The Balaban J connectivity index is 1.88. The maximum atomic E-state index is 6.08. The van der Waals surface area contributed by atoms with Crippen molar-refractivity contribution in [2.75, 3.05) is 0 Å². The number of halogens is 2. The highest BCUT2D eigenvalue weighted by atomic mass is 35.5. The van der Waals surface area contributed by atoms with E-state index >= 15 is 0 Å². The number of hydrogen-bond acceptors (Lipinski definition) is 1. The molecule has 0 aliphatic heterocycles. The van der Waals surface area contributed by atoms with Crippen LogP contribution in [0.5, 0.6) is 0 Å². The predicted octanol–water partition coefficient (Wildman–Crippen LogP) is 8.36. The van der Waals surface area contributed by atoms with Crippen molar-refractivity contribution in [3.8, 4) is 32.0 Å². The second-order valence-corrected chi connectivity index (χ2v) is 8.16. The first-order valence-electron chi connectivity index (χ1n) is 8.33. The van der Waals surface area contributed by atoms with Gasteiger partial charge in [0, 0.05) is 25.4 Å². The van der Waals surface area contributed by atoms with Crippen molar-refractivity contribution in [1.29, 1.82) is 0 Å². The van der Waals surface area contributed by atoms with E-state index in [4.69, 9.17) is 23.2 Å². The van der Waals surface area contributed by atoms with Gasteiger partial charge in [0.2, 0.25) is 0 Å². The molecular formula is C23H16Cl2S. The van der Waals surface area contributed by atoms with E-state index in [0.717, 1.165) is 15.6 Å². The lowest BCUT2D eigenvalue weighted by Crippen LogP contribution is -1.79. The molecule has 3 aromatic carbocycles. The third kappa shape index (κ3) is 3.57. The number of hydrogen-bond donors (Lipinski definition) is 0. The topological polar surface area (TPSA) is 0 Å². The van der Waals surface area contributed by atoms with E-state index < -0.39 is 0 Å². The van der Waals surface area contributed by atoms with Gasteiger partial charge in [-0.05, 0) is 53.9 Å². The second-order valence-electron chi connectivity index (χ2n) is 6.23. The summed E-state index contributed by atoms with van der Waals surface area (Å²) >= 11 is 14.0. The molecule has 0 atom stereocenters. The summed E-state index contributed by atoms with van der Waals surface area (Å²) in [5.74, 6) is 0. The molecule has 0 saturated heterocycles. The van der Waals surface area contributed by atoms with Gasteiger partial charge < -0.3 is 0 Å². The molecule has 0 bridgehead atoms. The number of thiophene rings is 1. The molecule has 0 N–H and O–H groups in total. The van der Waals surface area contributed by atoms with E-state index in [-0.39, 0.29) is 0 Å². The molecule has 0 fully saturated rings. The molecule has 0 amide bonds. The second kappa shape index (κ2) is 7.28. The van der Waals surface area contributed by atoms with Crippen LogP contribution in [0.4, 0.5) is 0 Å². The highest BCUT2D eigenvalue weighted by molar-refractivity contribution is 7.19. The van der Waals surface area contributed by atoms with Gasteiger partial charge >= 0.3 is 0 Å². The maximum absolute atomic E-state index is 6.08. The van der Waals surface area contributed by atoms with Crippen molar-refractivity contribution in [3.05, 3.63) is 94.5 Å². The summed E-state index contributed by atoms with van der Waals surface area (Å²) in [6.45, 7) is 2.11. The number of aryl methyl sites for hydroxylation is 1. The molecular weight excluding hydrogens is 379 g/mol. The van der Waals surface area contributed by atoms with Gasteiger partial charge in [-0.15, -0.1) is 11.3 Å². The Morgan fingerprint density at radius 3 is 1.69 bits per heavy atom. The van der Waals surface area contributed by atoms with Gasteiger partial charge in [0.1, 0.15) is 0 Å². The van der Waals surface area contributed by atoms with Crippen LogP contribution >= 0.6 is 34.5 Å². The first-order valence-corrected chi connectivity index (χ1v) is 9.90. The molecule has 0 aliphatic rings. The lowest BCUT2D eigenvalue weighted by Gasteiger charge is -2.05. The van der Waals surface area contributed by atoms with Crippen molar-refractivity contribution >= 4 is 34.5 Å². The monoisotopic (exact) mass is 394 g/mol. The van der Waals surface area contributed by atoms with Gasteiger partial charge in [0.15, 0.2) is 0 Å². The maximum Gasteiger partial charge on any atom is 0.0427 e. The first kappa shape index (κ1) is 17.4. The van der Waals surface area contributed by atoms with Crippen LogP contribution in [0.2, 0.25) is 10.0 Å². The van der Waals surface area contributed by atoms with E-state index in [0.29, 0.717) is 0 Å². The number of benzene rings is 3. The highest BCUT2D eigenvalue weighted by Crippen LogP contribution is 2.43. The Morgan fingerprint density at radius 1 is 0.615 bits per heavy atom. The zero-order valence-electron chi connectivity index (χ0n) is 14.2. The van der Waals surface area contributed by atoms with Gasteiger partial charge in [0.05, 0.1) is 0 Å². The minimum absolute atomic E-state index is 0.746. The summed E-state index contributed by atoms with van der Waals surface area (Å²) in [5.41, 5.74) is 6.04. The lowest BCUT2D eigenvalue weighted by atomic mass is 10.0. The van der Waals surface area contributed by atoms with Crippen LogP contribution < -0.4 is 0 Å². The standard InChI is InChI=1S/C23H16Cl2S/c1-15-2-4-17(5-3-15)22-14-21(16-6-10-19(24)11-7-16)23(26-22)18-8-12-20(25)13-9-18/h2-14H,1H3. The Kier molecular flexibility index (Phi) is 4.86. The Morgan fingerprint density at radius 2 is 1.12 bits per heavy atom. The van der Waals surface area contributed by atoms with Crippen LogP contribution in [0.15, 0.2) is 78.9 Å². The lowest BCUT2D eigenvalue weighted by molar-refractivity contribution is 1.48. The van der Waals surface area contributed by atoms with Gasteiger partial charge in [0.25, 0.3) is 0 Å². The van der Waals surface area contributed by atoms with Crippen LogP contribution in [0.1, 0.15) is 5.56 Å². The first-order chi connectivity index (χ1) is 12.6. The van der Waals surface area contributed by atoms with Crippen molar-refractivity contribution < 1.29 is 0 Å². The third-order valence-corrected chi connectivity index (χ3v) is 6.07. The molecule has 0 saturated carbocycles. The Labute approximate surface area is 167 Å². The fourth-order valence-electron chi connectivity index (χ4n) is 2.91. The van der Waals surface area contributed by atoms with Crippen LogP contribution in [0, 0.1) is 6.92 Å². The molecule has 1 aromatic heterocycles. The summed E-state index contributed by atoms with van der Waals surface area (Å²) in [7, 11) is 0. The zero-order chi connectivity index (χ0) is 18.1. The van der Waals surface area contributed by atoms with Crippen LogP contribution in [0.25, 0.3) is 32.0 Å². The van der Waals surface area contributed by atoms with E-state index in [9.17, 15) is 0 Å². The average molecular weight is 395 g/mol. The van der Waals surface area contributed by atoms with E-state index in [1.165, 1.54) is 32.0 Å². The SMILES string of the molecule is Cc1ccc(-c2cc(-c3ccc(Cl)cc3)c(-c3ccc(Cl)cc3)s2)cc1. The predicted molar refractivity (Wildman–Crippen MR) is 115 cm³/mol. The van der Waals surface area contributed by atoms with Crippen LogP contribution in [-0.2, 0) is 0 Å². The van der Waals surface area contributed by atoms with Gasteiger partial charge in [-0.2, -0.15) is 0 Å². The zero-order valence-corrected chi connectivity index (χ0v) is 16.5. The summed E-state index contributed by atoms with van der Waals surface area (Å²) in [5, 5.41) is 1.49. The summed E-state index contributed by atoms with van der Waals surface area (Å²) in [4.78, 5) is 2.49. The molecule has 1 heterocycles. The fraction of sp³-hybridized carbons (Fsp3) is 0.0435. The van der Waals surface area contributed by atoms with E-state index in [2.05, 4.69) is 61.5 Å². The Hall–Kier alpha value is -2.06. The number of rotatable bonds is 3. The van der Waals surface area contributed by atoms with Crippen molar-refractivity contribution in [3.63, 3.8) is 0 Å².